The molecule has 0 radical (unpaired) electrons. The Morgan fingerprint density at radius 3 is 2.48 bits per heavy atom. The van der Waals surface area contributed by atoms with Crippen LogP contribution in [0.2, 0.25) is 0 Å². The summed E-state index contributed by atoms with van der Waals surface area (Å²) in [6, 6.07) is 2.49. The second kappa shape index (κ2) is 8.34. The number of hydrogen-bond donors (Lipinski definition) is 0. The summed E-state index contributed by atoms with van der Waals surface area (Å²) in [5, 5.41) is 0. The number of carbonyl (C=O) groups is 2. The van der Waals surface area contributed by atoms with Crippen LogP contribution in [0, 0.1) is 11.9 Å². The summed E-state index contributed by atoms with van der Waals surface area (Å²) in [7, 11) is 1.28. The van der Waals surface area contributed by atoms with E-state index in [9.17, 15) is 14.0 Å². The predicted molar refractivity (Wildman–Crippen MR) is 76.2 cm³/mol. The molecule has 0 fully saturated rings. The van der Waals surface area contributed by atoms with E-state index in [1.54, 1.807) is 0 Å². The molecule has 1 rings (SSSR count). The van der Waals surface area contributed by atoms with E-state index >= 15 is 0 Å². The third-order valence-corrected chi connectivity index (χ3v) is 3.44. The van der Waals surface area contributed by atoms with Crippen LogP contribution in [0.5, 0.6) is 0 Å². The highest BCUT2D eigenvalue weighted by Crippen LogP contribution is 2.13. The zero-order valence-corrected chi connectivity index (χ0v) is 12.6. The summed E-state index contributed by atoms with van der Waals surface area (Å²) in [6.07, 6.45) is 2.99. The summed E-state index contributed by atoms with van der Waals surface area (Å²) in [5.74, 6) is -1.18. The summed E-state index contributed by atoms with van der Waals surface area (Å²) < 4.78 is 17.5. The van der Waals surface area contributed by atoms with Crippen molar-refractivity contribution >= 4 is 11.9 Å². The minimum Gasteiger partial charge on any atom is -0.468 e. The SMILES string of the molecule is CCC(CC)CN(CC(=O)OC)C(=O)c1ccc(F)nc1. The molecule has 0 bridgehead atoms. The first-order valence-corrected chi connectivity index (χ1v) is 6.99. The van der Waals surface area contributed by atoms with E-state index in [0.717, 1.165) is 18.9 Å². The molecule has 1 heterocycles. The Balaban J connectivity index is 2.90. The minimum absolute atomic E-state index is 0.122. The first kappa shape index (κ1) is 17.1. The Labute approximate surface area is 124 Å². The van der Waals surface area contributed by atoms with Gasteiger partial charge in [-0.15, -0.1) is 0 Å². The van der Waals surface area contributed by atoms with Gasteiger partial charge in [-0.05, 0) is 18.1 Å². The average molecular weight is 296 g/mol. The number of nitrogens with zero attached hydrogens (tertiary/aromatic N) is 2. The first-order chi connectivity index (χ1) is 10.0. The molecule has 0 aliphatic carbocycles. The lowest BCUT2D eigenvalue weighted by molar-refractivity contribution is -0.141. The molecule has 0 N–H and O–H groups in total. The van der Waals surface area contributed by atoms with Crippen LogP contribution >= 0.6 is 0 Å². The number of carbonyl (C=O) groups excluding carboxylic acids is 2. The van der Waals surface area contributed by atoms with Gasteiger partial charge < -0.3 is 9.64 Å². The van der Waals surface area contributed by atoms with E-state index < -0.39 is 11.9 Å². The molecule has 6 heteroatoms. The molecule has 0 aliphatic rings. The van der Waals surface area contributed by atoms with Crippen LogP contribution in [-0.4, -0.2) is 42.0 Å². The number of rotatable bonds is 7. The van der Waals surface area contributed by atoms with Crippen LogP contribution in [-0.2, 0) is 9.53 Å². The molecule has 0 atom stereocenters. The molecular weight excluding hydrogens is 275 g/mol. The first-order valence-electron chi connectivity index (χ1n) is 6.99. The van der Waals surface area contributed by atoms with Crippen molar-refractivity contribution in [2.75, 3.05) is 20.2 Å². The minimum atomic E-state index is -0.647. The molecule has 0 saturated carbocycles. The molecule has 0 spiro atoms. The van der Waals surface area contributed by atoms with Crippen molar-refractivity contribution in [3.05, 3.63) is 29.8 Å². The maximum atomic E-state index is 12.8. The maximum Gasteiger partial charge on any atom is 0.325 e. The number of aromatic nitrogens is 1. The van der Waals surface area contributed by atoms with Crippen molar-refractivity contribution in [2.24, 2.45) is 5.92 Å². The third kappa shape index (κ3) is 5.13. The molecule has 0 saturated heterocycles. The predicted octanol–water partition coefficient (Wildman–Crippen LogP) is 2.27. The Morgan fingerprint density at radius 1 is 1.33 bits per heavy atom. The van der Waals surface area contributed by atoms with Crippen molar-refractivity contribution in [3.8, 4) is 0 Å². The lowest BCUT2D eigenvalue weighted by atomic mass is 10.0. The second-order valence-corrected chi connectivity index (χ2v) is 4.81. The number of esters is 1. The normalized spacial score (nSPS) is 10.5. The summed E-state index contributed by atoms with van der Waals surface area (Å²) in [5.41, 5.74) is 0.256. The van der Waals surface area contributed by atoms with Crippen LogP contribution in [0.1, 0.15) is 37.0 Å². The van der Waals surface area contributed by atoms with E-state index in [2.05, 4.69) is 9.72 Å². The zero-order valence-electron chi connectivity index (χ0n) is 12.6. The van der Waals surface area contributed by atoms with Gasteiger partial charge in [-0.2, -0.15) is 4.39 Å². The van der Waals surface area contributed by atoms with E-state index in [1.807, 2.05) is 13.8 Å². The highest BCUT2D eigenvalue weighted by Gasteiger charge is 2.22. The quantitative estimate of drug-likeness (QED) is 0.572. The van der Waals surface area contributed by atoms with Crippen LogP contribution in [0.25, 0.3) is 0 Å². The molecule has 0 unspecified atom stereocenters. The number of ether oxygens (including phenoxy) is 1. The van der Waals surface area contributed by atoms with E-state index in [-0.39, 0.29) is 18.0 Å². The standard InChI is InChI=1S/C15H21FN2O3/c1-4-11(5-2)9-18(10-14(19)21-3)15(20)12-6-7-13(16)17-8-12/h6-8,11H,4-5,9-10H2,1-3H3. The summed E-state index contributed by atoms with van der Waals surface area (Å²) in [6.45, 7) is 4.41. The van der Waals surface area contributed by atoms with Gasteiger partial charge in [0.15, 0.2) is 0 Å². The van der Waals surface area contributed by atoms with E-state index in [0.29, 0.717) is 12.5 Å². The fraction of sp³-hybridized carbons (Fsp3) is 0.533. The van der Waals surface area contributed by atoms with Crippen LogP contribution in [0.15, 0.2) is 18.3 Å². The summed E-state index contributed by atoms with van der Waals surface area (Å²) >= 11 is 0. The number of halogens is 1. The lowest BCUT2D eigenvalue weighted by Crippen LogP contribution is -2.39. The van der Waals surface area contributed by atoms with Crippen LogP contribution in [0.4, 0.5) is 4.39 Å². The monoisotopic (exact) mass is 296 g/mol. The molecule has 5 nitrogen and oxygen atoms in total. The van der Waals surface area contributed by atoms with Gasteiger partial charge in [0.1, 0.15) is 6.54 Å². The van der Waals surface area contributed by atoms with Gasteiger partial charge in [0, 0.05) is 12.7 Å². The van der Waals surface area contributed by atoms with Gasteiger partial charge >= 0.3 is 5.97 Å². The average Bonchev–Trinajstić information content (AvgIpc) is 2.51. The Morgan fingerprint density at radius 2 is 2.00 bits per heavy atom. The van der Waals surface area contributed by atoms with Gasteiger partial charge in [-0.25, -0.2) is 4.98 Å². The molecule has 116 valence electrons. The topological polar surface area (TPSA) is 59.5 Å². The fourth-order valence-corrected chi connectivity index (χ4v) is 1.98. The second-order valence-electron chi connectivity index (χ2n) is 4.81. The highest BCUT2D eigenvalue weighted by atomic mass is 19.1. The largest absolute Gasteiger partial charge is 0.468 e. The number of amides is 1. The van der Waals surface area contributed by atoms with Crippen molar-refractivity contribution in [1.82, 2.24) is 9.88 Å². The molecular formula is C15H21FN2O3. The molecule has 1 amide bonds. The highest BCUT2D eigenvalue weighted by molar-refractivity contribution is 5.95. The van der Waals surface area contributed by atoms with Crippen molar-refractivity contribution in [2.45, 2.75) is 26.7 Å². The van der Waals surface area contributed by atoms with Gasteiger partial charge in [-0.3, -0.25) is 9.59 Å². The third-order valence-electron chi connectivity index (χ3n) is 3.44. The van der Waals surface area contributed by atoms with E-state index in [4.69, 9.17) is 0 Å². The zero-order chi connectivity index (χ0) is 15.8. The number of hydrogen-bond acceptors (Lipinski definition) is 4. The molecule has 0 aromatic carbocycles. The van der Waals surface area contributed by atoms with Gasteiger partial charge in [-0.1, -0.05) is 26.7 Å². The Bertz CT molecular complexity index is 472. The Kier molecular flexibility index (Phi) is 6.78. The van der Waals surface area contributed by atoms with Crippen molar-refractivity contribution in [1.29, 1.82) is 0 Å². The van der Waals surface area contributed by atoms with E-state index in [1.165, 1.54) is 24.3 Å². The number of methoxy groups -OCH3 is 1. The van der Waals surface area contributed by atoms with Gasteiger partial charge in [0.2, 0.25) is 5.95 Å². The molecule has 1 aromatic heterocycles. The van der Waals surface area contributed by atoms with Crippen LogP contribution in [0.3, 0.4) is 0 Å². The van der Waals surface area contributed by atoms with Gasteiger partial charge in [0.25, 0.3) is 5.91 Å². The van der Waals surface area contributed by atoms with Crippen LogP contribution < -0.4 is 0 Å². The van der Waals surface area contributed by atoms with Crippen molar-refractivity contribution in [3.63, 3.8) is 0 Å². The fourth-order valence-electron chi connectivity index (χ4n) is 1.98. The number of pyridine rings is 1. The maximum absolute atomic E-state index is 12.8. The van der Waals surface area contributed by atoms with Crippen molar-refractivity contribution < 1.29 is 18.7 Å². The molecule has 1 aromatic rings. The summed E-state index contributed by atoms with van der Waals surface area (Å²) in [4.78, 5) is 28.8. The Hall–Kier alpha value is -1.98. The van der Waals surface area contributed by atoms with Gasteiger partial charge in [0.05, 0.1) is 12.7 Å². The smallest absolute Gasteiger partial charge is 0.325 e. The molecule has 21 heavy (non-hydrogen) atoms. The lowest BCUT2D eigenvalue weighted by Gasteiger charge is -2.25. The molecule has 0 aliphatic heterocycles.